The van der Waals surface area contributed by atoms with Crippen molar-refractivity contribution in [2.75, 3.05) is 11.9 Å². The number of anilines is 1. The summed E-state index contributed by atoms with van der Waals surface area (Å²) < 4.78 is 5.91. The van der Waals surface area contributed by atoms with Crippen LogP contribution in [-0.2, 0) is 0 Å². The predicted molar refractivity (Wildman–Crippen MR) is 111 cm³/mol. The molecule has 146 valence electrons. The molecule has 6 heteroatoms. The van der Waals surface area contributed by atoms with Gasteiger partial charge >= 0.3 is 0 Å². The number of ether oxygens (including phenoxy) is 1. The number of nitro benzene ring substituents is 1. The molecule has 5 nitrogen and oxygen atoms in total. The molecule has 0 amide bonds. The maximum atomic E-state index is 11.3. The molecule has 2 aromatic carbocycles. The van der Waals surface area contributed by atoms with E-state index in [1.165, 1.54) is 5.56 Å². The zero-order valence-corrected chi connectivity index (χ0v) is 16.6. The van der Waals surface area contributed by atoms with Crippen molar-refractivity contribution in [2.24, 2.45) is 11.8 Å². The van der Waals surface area contributed by atoms with E-state index in [-0.39, 0.29) is 22.7 Å². The largest absolute Gasteiger partial charge is 0.493 e. The van der Waals surface area contributed by atoms with Gasteiger partial charge in [-0.25, -0.2) is 0 Å². The van der Waals surface area contributed by atoms with Crippen LogP contribution in [0.2, 0.25) is 5.02 Å². The van der Waals surface area contributed by atoms with Crippen LogP contribution < -0.4 is 10.1 Å². The average molecular weight is 399 g/mol. The number of rotatable bonds is 5. The summed E-state index contributed by atoms with van der Waals surface area (Å²) in [7, 11) is 0. The molecule has 1 aliphatic carbocycles. The lowest BCUT2D eigenvalue weighted by Crippen LogP contribution is -2.29. The van der Waals surface area contributed by atoms with E-state index < -0.39 is 4.92 Å². The molecule has 2 aliphatic rings. The van der Waals surface area contributed by atoms with E-state index in [4.69, 9.17) is 16.3 Å². The highest BCUT2D eigenvalue weighted by atomic mass is 35.5. The van der Waals surface area contributed by atoms with Crippen LogP contribution in [0.5, 0.6) is 5.75 Å². The molecule has 28 heavy (non-hydrogen) atoms. The summed E-state index contributed by atoms with van der Waals surface area (Å²) in [5.41, 5.74) is 3.11. The standard InChI is InChI=1S/C22H23ClN2O3/c1-13(2)12-28-15-7-9-20-18(11-15)16-4-3-5-17(16)22(24-20)14-6-8-19(23)21(10-14)25(26)27/h3-4,6-11,13,16-17,22,24H,5,12H2,1-2H3. The van der Waals surface area contributed by atoms with Crippen molar-refractivity contribution in [1.82, 2.24) is 0 Å². The highest BCUT2D eigenvalue weighted by molar-refractivity contribution is 6.32. The third-order valence-electron chi connectivity index (χ3n) is 5.44. The predicted octanol–water partition coefficient (Wildman–Crippen LogP) is 6.11. The Balaban J connectivity index is 1.68. The summed E-state index contributed by atoms with van der Waals surface area (Å²) in [6.07, 6.45) is 5.37. The lowest BCUT2D eigenvalue weighted by molar-refractivity contribution is -0.384. The Kier molecular flexibility index (Phi) is 5.02. The minimum Gasteiger partial charge on any atom is -0.493 e. The molecule has 2 aromatic rings. The lowest BCUT2D eigenvalue weighted by Gasteiger charge is -2.37. The molecule has 0 fully saturated rings. The fourth-order valence-corrected chi connectivity index (χ4v) is 4.30. The van der Waals surface area contributed by atoms with Gasteiger partial charge in [0.15, 0.2) is 0 Å². The van der Waals surface area contributed by atoms with Crippen LogP contribution in [0.25, 0.3) is 0 Å². The number of hydrogen-bond acceptors (Lipinski definition) is 4. The first-order valence-electron chi connectivity index (χ1n) is 9.58. The highest BCUT2D eigenvalue weighted by Gasteiger charge is 2.38. The Bertz CT molecular complexity index is 941. The minimum absolute atomic E-state index is 0.00843. The van der Waals surface area contributed by atoms with Crippen LogP contribution in [0.15, 0.2) is 48.6 Å². The summed E-state index contributed by atoms with van der Waals surface area (Å²) in [6.45, 7) is 4.95. The molecule has 3 unspecified atom stereocenters. The molecule has 1 N–H and O–H groups in total. The number of halogens is 1. The van der Waals surface area contributed by atoms with Gasteiger partial charge in [0.05, 0.1) is 17.6 Å². The zero-order valence-electron chi connectivity index (χ0n) is 15.9. The van der Waals surface area contributed by atoms with Gasteiger partial charge in [-0.05, 0) is 53.6 Å². The van der Waals surface area contributed by atoms with Gasteiger partial charge in [-0.2, -0.15) is 0 Å². The van der Waals surface area contributed by atoms with Gasteiger partial charge in [-0.1, -0.05) is 43.7 Å². The second-order valence-electron chi connectivity index (χ2n) is 7.90. The summed E-state index contributed by atoms with van der Waals surface area (Å²) in [5.74, 6) is 1.92. The fraction of sp³-hybridized carbons (Fsp3) is 0.364. The van der Waals surface area contributed by atoms with Crippen LogP contribution in [0.3, 0.4) is 0 Å². The van der Waals surface area contributed by atoms with E-state index >= 15 is 0 Å². The first-order valence-corrected chi connectivity index (χ1v) is 9.95. The Labute approximate surface area is 169 Å². The van der Waals surface area contributed by atoms with Crippen molar-refractivity contribution in [3.63, 3.8) is 0 Å². The van der Waals surface area contributed by atoms with Crippen molar-refractivity contribution >= 4 is 23.0 Å². The maximum Gasteiger partial charge on any atom is 0.288 e. The van der Waals surface area contributed by atoms with Crippen molar-refractivity contribution in [3.05, 3.63) is 74.8 Å². The zero-order chi connectivity index (χ0) is 19.8. The first kappa shape index (κ1) is 18.8. The van der Waals surface area contributed by atoms with Crippen LogP contribution in [0, 0.1) is 22.0 Å². The topological polar surface area (TPSA) is 64.4 Å². The summed E-state index contributed by atoms with van der Waals surface area (Å²) in [5, 5.41) is 15.1. The van der Waals surface area contributed by atoms with Crippen LogP contribution >= 0.6 is 11.6 Å². The molecule has 3 atom stereocenters. The van der Waals surface area contributed by atoms with Crippen LogP contribution in [-0.4, -0.2) is 11.5 Å². The van der Waals surface area contributed by atoms with E-state index in [0.29, 0.717) is 18.4 Å². The molecule has 0 saturated carbocycles. The quantitative estimate of drug-likeness (QED) is 0.375. The van der Waals surface area contributed by atoms with E-state index in [9.17, 15) is 10.1 Å². The number of hydrogen-bond donors (Lipinski definition) is 1. The van der Waals surface area contributed by atoms with E-state index in [2.05, 4.69) is 37.4 Å². The SMILES string of the molecule is CC(C)COc1ccc2c(c1)C1C=CCC1C(c1ccc(Cl)c([N+](=O)[O-])c1)N2. The van der Waals surface area contributed by atoms with Gasteiger partial charge in [-0.3, -0.25) is 10.1 Å². The smallest absolute Gasteiger partial charge is 0.288 e. The third-order valence-corrected chi connectivity index (χ3v) is 5.76. The number of fused-ring (bicyclic) bond motifs is 3. The third kappa shape index (κ3) is 3.47. The van der Waals surface area contributed by atoms with Gasteiger partial charge in [0.2, 0.25) is 0 Å². The van der Waals surface area contributed by atoms with Crippen molar-refractivity contribution in [2.45, 2.75) is 32.2 Å². The number of nitrogens with one attached hydrogen (secondary N) is 1. The van der Waals surface area contributed by atoms with E-state index in [1.807, 2.05) is 18.2 Å². The Morgan fingerprint density at radius 1 is 1.29 bits per heavy atom. The van der Waals surface area contributed by atoms with Gasteiger partial charge in [0.1, 0.15) is 10.8 Å². The maximum absolute atomic E-state index is 11.3. The van der Waals surface area contributed by atoms with Crippen molar-refractivity contribution in [1.29, 1.82) is 0 Å². The molecule has 0 radical (unpaired) electrons. The first-order chi connectivity index (χ1) is 13.4. The fourth-order valence-electron chi connectivity index (χ4n) is 4.12. The normalized spacial score (nSPS) is 22.5. The molecular weight excluding hydrogens is 376 g/mol. The summed E-state index contributed by atoms with van der Waals surface area (Å²) in [6, 6.07) is 11.2. The molecule has 0 saturated heterocycles. The molecule has 1 aliphatic heterocycles. The Morgan fingerprint density at radius 2 is 2.11 bits per heavy atom. The number of nitro groups is 1. The molecule has 0 bridgehead atoms. The molecule has 0 spiro atoms. The second kappa shape index (κ2) is 7.47. The summed E-state index contributed by atoms with van der Waals surface area (Å²) in [4.78, 5) is 10.9. The number of allylic oxidation sites excluding steroid dienone is 2. The van der Waals surface area contributed by atoms with Gasteiger partial charge < -0.3 is 10.1 Å². The molecule has 1 heterocycles. The number of benzene rings is 2. The minimum atomic E-state index is -0.425. The monoisotopic (exact) mass is 398 g/mol. The molecular formula is C22H23ClN2O3. The molecule has 4 rings (SSSR count). The lowest BCUT2D eigenvalue weighted by atomic mass is 9.77. The average Bonchev–Trinajstić information content (AvgIpc) is 3.16. The number of nitrogens with zero attached hydrogens (tertiary/aromatic N) is 1. The van der Waals surface area contributed by atoms with E-state index in [0.717, 1.165) is 23.4 Å². The molecule has 0 aromatic heterocycles. The van der Waals surface area contributed by atoms with Crippen LogP contribution in [0.4, 0.5) is 11.4 Å². The summed E-state index contributed by atoms with van der Waals surface area (Å²) >= 11 is 6.00. The van der Waals surface area contributed by atoms with Gasteiger partial charge in [-0.15, -0.1) is 0 Å². The second-order valence-corrected chi connectivity index (χ2v) is 8.30. The Hall–Kier alpha value is -2.53. The highest BCUT2D eigenvalue weighted by Crippen LogP contribution is 2.51. The Morgan fingerprint density at radius 3 is 2.86 bits per heavy atom. The van der Waals surface area contributed by atoms with Gasteiger partial charge in [0, 0.05) is 17.7 Å². The van der Waals surface area contributed by atoms with Gasteiger partial charge in [0.25, 0.3) is 5.69 Å². The van der Waals surface area contributed by atoms with Crippen molar-refractivity contribution in [3.8, 4) is 5.75 Å². The van der Waals surface area contributed by atoms with Crippen LogP contribution in [0.1, 0.15) is 43.4 Å². The van der Waals surface area contributed by atoms with Crippen molar-refractivity contribution < 1.29 is 9.66 Å². The van der Waals surface area contributed by atoms with E-state index in [1.54, 1.807) is 12.1 Å².